The minimum atomic E-state index is -4.53. The predicted molar refractivity (Wildman–Crippen MR) is 118 cm³/mol. The van der Waals surface area contributed by atoms with Crippen molar-refractivity contribution in [1.82, 2.24) is 9.80 Å². The summed E-state index contributed by atoms with van der Waals surface area (Å²) in [5, 5.41) is 10.6. The number of nitrogens with zero attached hydrogens (tertiary/aromatic N) is 2. The van der Waals surface area contributed by atoms with Gasteiger partial charge in [0.05, 0.1) is 11.4 Å². The molecule has 0 aliphatic carbocycles. The fraction of sp³-hybridized carbons (Fsp3) is 0.391. The number of thioether (sulfide) groups is 1. The molecule has 3 N–H and O–H groups in total. The summed E-state index contributed by atoms with van der Waals surface area (Å²) in [5.74, 6) is -0.960. The molecule has 0 spiro atoms. The van der Waals surface area contributed by atoms with Gasteiger partial charge in [-0.2, -0.15) is 13.2 Å². The highest BCUT2D eigenvalue weighted by Gasteiger charge is 2.65. The first-order valence-corrected chi connectivity index (χ1v) is 11.4. The van der Waals surface area contributed by atoms with E-state index in [1.807, 2.05) is 30.3 Å². The van der Waals surface area contributed by atoms with Gasteiger partial charge in [-0.15, -0.1) is 11.8 Å². The SMILES string of the molecule is CC12SCN(C(=O)[C@@H](O)C(N)Cc3ccccc3)[C@@H]1C(=O)N2Cc1ccccc1C(F)(F)F. The van der Waals surface area contributed by atoms with Crippen LogP contribution in [0.4, 0.5) is 13.2 Å². The molecule has 2 aliphatic heterocycles. The van der Waals surface area contributed by atoms with Crippen LogP contribution in [0.1, 0.15) is 23.6 Å². The second-order valence-electron chi connectivity index (χ2n) is 8.42. The van der Waals surface area contributed by atoms with Crippen LogP contribution in [-0.4, -0.2) is 55.7 Å². The molecular formula is C23H24F3N3O3S. The number of likely N-dealkylation sites (tertiary alicyclic amines) is 1. The van der Waals surface area contributed by atoms with Crippen LogP contribution >= 0.6 is 11.8 Å². The van der Waals surface area contributed by atoms with Crippen LogP contribution in [0.3, 0.4) is 0 Å². The maximum Gasteiger partial charge on any atom is 0.416 e. The summed E-state index contributed by atoms with van der Waals surface area (Å²) >= 11 is 1.29. The van der Waals surface area contributed by atoms with E-state index in [9.17, 15) is 27.9 Å². The summed E-state index contributed by atoms with van der Waals surface area (Å²) in [6.45, 7) is 1.51. The van der Waals surface area contributed by atoms with Crippen LogP contribution in [-0.2, 0) is 28.7 Å². The van der Waals surface area contributed by atoms with E-state index in [2.05, 4.69) is 0 Å². The molecule has 2 heterocycles. The molecule has 4 rings (SSSR count). The van der Waals surface area contributed by atoms with Crippen molar-refractivity contribution in [1.29, 1.82) is 0 Å². The molecule has 4 atom stereocenters. The summed E-state index contributed by atoms with van der Waals surface area (Å²) in [4.78, 5) is 27.7. The number of aliphatic hydroxyl groups excluding tert-OH is 1. The lowest BCUT2D eigenvalue weighted by atomic mass is 9.91. The quantitative estimate of drug-likeness (QED) is 0.622. The number of hydrogen-bond donors (Lipinski definition) is 2. The molecule has 2 unspecified atom stereocenters. The van der Waals surface area contributed by atoms with Gasteiger partial charge < -0.3 is 20.6 Å². The van der Waals surface area contributed by atoms with Gasteiger partial charge in [-0.25, -0.2) is 0 Å². The molecule has 2 aromatic rings. The Balaban J connectivity index is 1.46. The maximum absolute atomic E-state index is 13.4. The van der Waals surface area contributed by atoms with Crippen molar-refractivity contribution in [2.45, 2.75) is 49.1 Å². The van der Waals surface area contributed by atoms with Crippen LogP contribution < -0.4 is 5.73 Å². The van der Waals surface area contributed by atoms with E-state index < -0.39 is 46.6 Å². The molecule has 10 heteroatoms. The summed E-state index contributed by atoms with van der Waals surface area (Å²) in [6, 6.07) is 12.6. The second kappa shape index (κ2) is 8.66. The number of benzene rings is 2. The molecular weight excluding hydrogens is 455 g/mol. The molecule has 33 heavy (non-hydrogen) atoms. The number of halogens is 3. The Hall–Kier alpha value is -2.56. The number of β-lactam (4-membered cyclic amide) rings is 1. The highest BCUT2D eigenvalue weighted by atomic mass is 32.2. The maximum atomic E-state index is 13.4. The van der Waals surface area contributed by atoms with E-state index in [0.717, 1.165) is 11.6 Å². The van der Waals surface area contributed by atoms with Gasteiger partial charge >= 0.3 is 6.18 Å². The largest absolute Gasteiger partial charge is 0.416 e. The second-order valence-corrected chi connectivity index (χ2v) is 9.79. The van der Waals surface area contributed by atoms with Crippen LogP contribution in [0, 0.1) is 0 Å². The van der Waals surface area contributed by atoms with Gasteiger partial charge in [0, 0.05) is 12.6 Å². The first-order chi connectivity index (χ1) is 15.5. The fourth-order valence-corrected chi connectivity index (χ4v) is 5.79. The van der Waals surface area contributed by atoms with E-state index in [1.165, 1.54) is 39.8 Å². The molecule has 2 aromatic carbocycles. The van der Waals surface area contributed by atoms with Gasteiger partial charge in [-0.3, -0.25) is 9.59 Å². The zero-order chi connectivity index (χ0) is 24.0. The Morgan fingerprint density at radius 1 is 1.21 bits per heavy atom. The third kappa shape index (κ3) is 4.22. The first-order valence-electron chi connectivity index (χ1n) is 10.4. The van der Waals surface area contributed by atoms with E-state index in [1.54, 1.807) is 6.92 Å². The average Bonchev–Trinajstić information content (AvgIpc) is 3.10. The van der Waals surface area contributed by atoms with Crippen LogP contribution in [0.15, 0.2) is 54.6 Å². The lowest BCUT2D eigenvalue weighted by Crippen LogP contribution is -2.73. The number of rotatable bonds is 6. The lowest BCUT2D eigenvalue weighted by Gasteiger charge is -2.53. The smallest absolute Gasteiger partial charge is 0.382 e. The van der Waals surface area contributed by atoms with Crippen molar-refractivity contribution in [2.24, 2.45) is 5.73 Å². The molecule has 0 radical (unpaired) electrons. The molecule has 6 nitrogen and oxygen atoms in total. The number of hydrogen-bond acceptors (Lipinski definition) is 5. The van der Waals surface area contributed by atoms with E-state index in [-0.39, 0.29) is 24.4 Å². The van der Waals surface area contributed by atoms with Crippen molar-refractivity contribution >= 4 is 23.6 Å². The number of fused-ring (bicyclic) bond motifs is 1. The zero-order valence-corrected chi connectivity index (χ0v) is 18.6. The third-order valence-corrected chi connectivity index (χ3v) is 7.69. The summed E-state index contributed by atoms with van der Waals surface area (Å²) in [6.07, 6.45) is -5.75. The van der Waals surface area contributed by atoms with Gasteiger partial charge in [-0.05, 0) is 30.5 Å². The topological polar surface area (TPSA) is 86.9 Å². The Labute approximate surface area is 193 Å². The van der Waals surface area contributed by atoms with E-state index in [0.29, 0.717) is 0 Å². The summed E-state index contributed by atoms with van der Waals surface area (Å²) in [7, 11) is 0. The monoisotopic (exact) mass is 479 g/mol. The standard InChI is InChI=1S/C23H24F3N3O3S/c1-22-19(21(32)29(22)12-15-9-5-6-10-16(15)23(24,25)26)28(13-33-22)20(31)18(30)17(27)11-14-7-3-2-4-8-14/h2-10,17-19,30H,11-13,27H2,1H3/t17?,18-,19+,22?/m0/s1. The Kier molecular flexibility index (Phi) is 6.19. The van der Waals surface area contributed by atoms with Crippen molar-refractivity contribution in [3.63, 3.8) is 0 Å². The van der Waals surface area contributed by atoms with Gasteiger partial charge in [0.15, 0.2) is 0 Å². The average molecular weight is 480 g/mol. The highest BCUT2D eigenvalue weighted by Crippen LogP contribution is 2.51. The molecule has 2 saturated heterocycles. The number of carbonyl (C=O) groups is 2. The minimum absolute atomic E-state index is 0.00619. The Bertz CT molecular complexity index is 1050. The zero-order valence-electron chi connectivity index (χ0n) is 17.8. The van der Waals surface area contributed by atoms with Crippen LogP contribution in [0.2, 0.25) is 0 Å². The molecule has 2 aliphatic rings. The number of carbonyl (C=O) groups excluding carboxylic acids is 2. The number of nitrogens with two attached hydrogens (primary N) is 1. The Morgan fingerprint density at radius 2 is 1.85 bits per heavy atom. The number of alkyl halides is 3. The highest BCUT2D eigenvalue weighted by molar-refractivity contribution is 8.01. The Morgan fingerprint density at radius 3 is 2.52 bits per heavy atom. The van der Waals surface area contributed by atoms with Crippen molar-refractivity contribution in [3.8, 4) is 0 Å². The van der Waals surface area contributed by atoms with Crippen LogP contribution in [0.25, 0.3) is 0 Å². The predicted octanol–water partition coefficient (Wildman–Crippen LogP) is 2.60. The fourth-order valence-electron chi connectivity index (χ4n) is 4.41. The van der Waals surface area contributed by atoms with E-state index >= 15 is 0 Å². The molecule has 2 fully saturated rings. The lowest BCUT2D eigenvalue weighted by molar-refractivity contribution is -0.168. The van der Waals surface area contributed by atoms with E-state index in [4.69, 9.17) is 5.73 Å². The molecule has 0 aromatic heterocycles. The van der Waals surface area contributed by atoms with Crippen molar-refractivity contribution in [3.05, 3.63) is 71.3 Å². The van der Waals surface area contributed by atoms with Gasteiger partial charge in [-0.1, -0.05) is 48.5 Å². The van der Waals surface area contributed by atoms with Gasteiger partial charge in [0.1, 0.15) is 17.0 Å². The van der Waals surface area contributed by atoms with Crippen molar-refractivity contribution in [2.75, 3.05) is 5.88 Å². The molecule has 0 saturated carbocycles. The minimum Gasteiger partial charge on any atom is -0.382 e. The summed E-state index contributed by atoms with van der Waals surface area (Å²) < 4.78 is 40.1. The first kappa shape index (κ1) is 23.6. The van der Waals surface area contributed by atoms with Crippen LogP contribution in [0.5, 0.6) is 0 Å². The van der Waals surface area contributed by atoms with Gasteiger partial charge in [0.25, 0.3) is 5.91 Å². The third-order valence-electron chi connectivity index (χ3n) is 6.26. The van der Waals surface area contributed by atoms with Crippen molar-refractivity contribution < 1.29 is 27.9 Å². The molecule has 2 amide bonds. The number of aliphatic hydroxyl groups is 1. The number of amides is 2. The normalized spacial score (nSPS) is 24.3. The summed E-state index contributed by atoms with van der Waals surface area (Å²) in [5.41, 5.74) is 6.14. The molecule has 0 bridgehead atoms. The molecule has 176 valence electrons. The van der Waals surface area contributed by atoms with Gasteiger partial charge in [0.2, 0.25) is 5.91 Å².